The Balaban J connectivity index is 1.73. The number of carbonyl (C=O) groups excluding carboxylic acids is 2. The van der Waals surface area contributed by atoms with Gasteiger partial charge in [0.05, 0.1) is 27.3 Å². The maximum atomic E-state index is 13.6. The Bertz CT molecular complexity index is 972. The Morgan fingerprint density at radius 2 is 1.80 bits per heavy atom. The van der Waals surface area contributed by atoms with E-state index in [1.54, 1.807) is 37.6 Å². The quantitative estimate of drug-likeness (QED) is 0.360. The first-order valence-electron chi connectivity index (χ1n) is 12.3. The molecule has 3 rings (SSSR count). The van der Waals surface area contributed by atoms with Crippen LogP contribution in [-0.4, -0.2) is 69.2 Å². The zero-order chi connectivity index (χ0) is 25.2. The summed E-state index contributed by atoms with van der Waals surface area (Å²) in [4.78, 5) is 31.4. The molecule has 1 aliphatic rings. The van der Waals surface area contributed by atoms with Gasteiger partial charge in [0.2, 0.25) is 11.8 Å². The number of rotatable bonds is 14. The number of carbonyl (C=O) groups is 2. The second-order valence-electron chi connectivity index (χ2n) is 9.02. The Kier molecular flexibility index (Phi) is 10.4. The third kappa shape index (κ3) is 7.45. The van der Waals surface area contributed by atoms with Crippen molar-refractivity contribution in [1.29, 1.82) is 0 Å². The van der Waals surface area contributed by atoms with Gasteiger partial charge in [-0.2, -0.15) is 0 Å². The first kappa shape index (κ1) is 27.0. The molecule has 0 N–H and O–H groups in total. The summed E-state index contributed by atoms with van der Waals surface area (Å²) < 4.78 is 16.0. The van der Waals surface area contributed by atoms with Crippen LogP contribution in [0.1, 0.15) is 41.7 Å². The summed E-state index contributed by atoms with van der Waals surface area (Å²) in [5.74, 6) is 1.49. The van der Waals surface area contributed by atoms with Crippen LogP contribution in [0.2, 0.25) is 0 Å². The van der Waals surface area contributed by atoms with Crippen molar-refractivity contribution in [1.82, 2.24) is 9.80 Å². The van der Waals surface area contributed by atoms with Gasteiger partial charge < -0.3 is 24.0 Å². The molecule has 8 heteroatoms. The highest BCUT2D eigenvalue weighted by Gasteiger charge is 2.31. The molecule has 1 heterocycles. The molecule has 192 valence electrons. The summed E-state index contributed by atoms with van der Waals surface area (Å²) in [6.07, 6.45) is 4.33. The van der Waals surface area contributed by atoms with Crippen LogP contribution in [0.25, 0.3) is 0 Å². The van der Waals surface area contributed by atoms with Gasteiger partial charge >= 0.3 is 0 Å². The van der Waals surface area contributed by atoms with Gasteiger partial charge in [0.1, 0.15) is 0 Å². The Morgan fingerprint density at radius 3 is 2.40 bits per heavy atom. The summed E-state index contributed by atoms with van der Waals surface area (Å²) in [5, 5.41) is 2.05. The molecule has 1 aliphatic carbocycles. The van der Waals surface area contributed by atoms with Crippen molar-refractivity contribution in [2.45, 2.75) is 45.6 Å². The predicted octanol–water partition coefficient (Wildman–Crippen LogP) is 4.31. The minimum Gasteiger partial charge on any atom is -0.493 e. The van der Waals surface area contributed by atoms with E-state index in [-0.39, 0.29) is 24.3 Å². The molecular formula is C27H38N2O5S. The van der Waals surface area contributed by atoms with E-state index in [9.17, 15) is 9.59 Å². The Labute approximate surface area is 213 Å². The fraction of sp³-hybridized carbons (Fsp3) is 0.556. The summed E-state index contributed by atoms with van der Waals surface area (Å²) in [7, 11) is 4.89. The third-order valence-electron chi connectivity index (χ3n) is 6.64. The molecule has 0 unspecified atom stereocenters. The Morgan fingerprint density at radius 1 is 1.03 bits per heavy atom. The number of benzene rings is 1. The minimum atomic E-state index is -0.0247. The molecule has 0 radical (unpaired) electrons. The van der Waals surface area contributed by atoms with Crippen LogP contribution in [0.3, 0.4) is 0 Å². The lowest BCUT2D eigenvalue weighted by molar-refractivity contribution is -0.145. The lowest BCUT2D eigenvalue weighted by Gasteiger charge is -2.33. The van der Waals surface area contributed by atoms with E-state index >= 15 is 0 Å². The summed E-state index contributed by atoms with van der Waals surface area (Å²) in [5.41, 5.74) is 2.24. The fourth-order valence-electron chi connectivity index (χ4n) is 4.18. The molecular weight excluding hydrogens is 464 g/mol. The maximum Gasteiger partial charge on any atom is 0.242 e. The van der Waals surface area contributed by atoms with Gasteiger partial charge in [0.25, 0.3) is 0 Å². The van der Waals surface area contributed by atoms with E-state index in [2.05, 4.69) is 18.4 Å². The molecule has 35 heavy (non-hydrogen) atoms. The summed E-state index contributed by atoms with van der Waals surface area (Å²) >= 11 is 1.66. The number of thiophene rings is 1. The molecule has 1 aromatic carbocycles. The summed E-state index contributed by atoms with van der Waals surface area (Å²) in [6.45, 7) is 4.38. The van der Waals surface area contributed by atoms with E-state index in [1.165, 1.54) is 10.4 Å². The first-order chi connectivity index (χ1) is 17.0. The van der Waals surface area contributed by atoms with Gasteiger partial charge in [-0.15, -0.1) is 11.3 Å². The SMILES string of the molecule is COCCCN(CC(=O)N(CCc1ccc(OC)c(OC)c1)Cc1sccc1C)C(=O)C1CCC1. The first-order valence-corrected chi connectivity index (χ1v) is 13.1. The van der Waals surface area contributed by atoms with E-state index < -0.39 is 0 Å². The molecule has 0 atom stereocenters. The van der Waals surface area contributed by atoms with Crippen LogP contribution >= 0.6 is 11.3 Å². The molecule has 1 saturated carbocycles. The number of hydrogen-bond donors (Lipinski definition) is 0. The van der Waals surface area contributed by atoms with E-state index in [0.29, 0.717) is 44.2 Å². The zero-order valence-electron chi connectivity index (χ0n) is 21.4. The lowest BCUT2D eigenvalue weighted by atomic mass is 9.84. The van der Waals surface area contributed by atoms with E-state index in [0.717, 1.165) is 31.2 Å². The van der Waals surface area contributed by atoms with E-state index in [1.807, 2.05) is 23.1 Å². The van der Waals surface area contributed by atoms with Crippen molar-refractivity contribution < 1.29 is 23.8 Å². The van der Waals surface area contributed by atoms with E-state index in [4.69, 9.17) is 14.2 Å². The fourth-order valence-corrected chi connectivity index (χ4v) is 5.10. The van der Waals surface area contributed by atoms with Crippen molar-refractivity contribution in [3.63, 3.8) is 0 Å². The number of nitrogens with zero attached hydrogens (tertiary/aromatic N) is 2. The molecule has 0 spiro atoms. The Hall–Kier alpha value is -2.58. The number of amides is 2. The predicted molar refractivity (Wildman–Crippen MR) is 138 cm³/mol. The zero-order valence-corrected chi connectivity index (χ0v) is 22.2. The van der Waals surface area contributed by atoms with Crippen molar-refractivity contribution in [3.8, 4) is 11.5 Å². The van der Waals surface area contributed by atoms with Crippen molar-refractivity contribution >= 4 is 23.2 Å². The molecule has 1 aromatic heterocycles. The highest BCUT2D eigenvalue weighted by Crippen LogP contribution is 2.29. The molecule has 0 aliphatic heterocycles. The van der Waals surface area contributed by atoms with Gasteiger partial charge in [-0.1, -0.05) is 12.5 Å². The molecule has 2 amide bonds. The maximum absolute atomic E-state index is 13.6. The van der Waals surface area contributed by atoms with Crippen LogP contribution in [0.5, 0.6) is 11.5 Å². The summed E-state index contributed by atoms with van der Waals surface area (Å²) in [6, 6.07) is 7.92. The van der Waals surface area contributed by atoms with Crippen molar-refractivity contribution in [2.75, 3.05) is 47.6 Å². The number of aryl methyl sites for hydroxylation is 1. The van der Waals surface area contributed by atoms with Gasteiger partial charge in [0, 0.05) is 37.6 Å². The standard InChI is InChI=1S/C27H38N2O5S/c1-20-12-16-35-25(20)18-28(14-11-21-9-10-23(33-3)24(17-21)34-4)26(30)19-29(13-6-15-32-2)27(31)22-7-5-8-22/h9-10,12,16-17,22H,5-8,11,13-15,18-19H2,1-4H3. The molecule has 0 bridgehead atoms. The van der Waals surface area contributed by atoms with Crippen LogP contribution in [0, 0.1) is 12.8 Å². The monoisotopic (exact) mass is 502 g/mol. The second-order valence-corrected chi connectivity index (χ2v) is 10.0. The molecule has 7 nitrogen and oxygen atoms in total. The molecule has 0 saturated heterocycles. The van der Waals surface area contributed by atoms with Crippen LogP contribution in [0.4, 0.5) is 0 Å². The highest BCUT2D eigenvalue weighted by molar-refractivity contribution is 7.10. The average molecular weight is 503 g/mol. The van der Waals surface area contributed by atoms with Crippen molar-refractivity contribution in [3.05, 3.63) is 45.6 Å². The van der Waals surface area contributed by atoms with Gasteiger partial charge in [-0.25, -0.2) is 0 Å². The normalized spacial score (nSPS) is 13.3. The number of hydrogen-bond acceptors (Lipinski definition) is 6. The average Bonchev–Trinajstić information content (AvgIpc) is 3.23. The van der Waals surface area contributed by atoms with Gasteiger partial charge in [-0.05, 0) is 67.3 Å². The topological polar surface area (TPSA) is 68.3 Å². The number of ether oxygens (including phenoxy) is 3. The van der Waals surface area contributed by atoms with Gasteiger partial charge in [-0.3, -0.25) is 9.59 Å². The van der Waals surface area contributed by atoms with Gasteiger partial charge in [0.15, 0.2) is 11.5 Å². The van der Waals surface area contributed by atoms with Crippen LogP contribution in [-0.2, 0) is 27.3 Å². The van der Waals surface area contributed by atoms with Crippen LogP contribution in [0.15, 0.2) is 29.6 Å². The highest BCUT2D eigenvalue weighted by atomic mass is 32.1. The second kappa shape index (κ2) is 13.5. The molecule has 2 aromatic rings. The smallest absolute Gasteiger partial charge is 0.242 e. The number of methoxy groups -OCH3 is 3. The third-order valence-corrected chi connectivity index (χ3v) is 7.65. The largest absolute Gasteiger partial charge is 0.493 e. The minimum absolute atomic E-state index is 0.0247. The van der Waals surface area contributed by atoms with Crippen LogP contribution < -0.4 is 9.47 Å². The lowest BCUT2D eigenvalue weighted by Crippen LogP contribution is -2.46. The van der Waals surface area contributed by atoms with Crippen molar-refractivity contribution in [2.24, 2.45) is 5.92 Å². The molecule has 1 fully saturated rings.